The van der Waals surface area contributed by atoms with Crippen LogP contribution in [0.15, 0.2) is 4.99 Å². The van der Waals surface area contributed by atoms with Crippen molar-refractivity contribution >= 4 is 29.9 Å². The van der Waals surface area contributed by atoms with Crippen LogP contribution in [0.1, 0.15) is 27.2 Å². The highest BCUT2D eigenvalue weighted by atomic mass is 127. The fourth-order valence-corrected chi connectivity index (χ4v) is 3.58. The van der Waals surface area contributed by atoms with Gasteiger partial charge in [-0.25, -0.2) is 0 Å². The predicted molar refractivity (Wildman–Crippen MR) is 114 cm³/mol. The lowest BCUT2D eigenvalue weighted by atomic mass is 9.89. The molecule has 7 heteroatoms. The summed E-state index contributed by atoms with van der Waals surface area (Å²) in [5.74, 6) is 1.73. The van der Waals surface area contributed by atoms with Gasteiger partial charge in [0, 0.05) is 53.4 Å². The maximum absolute atomic E-state index is 5.64. The van der Waals surface area contributed by atoms with Crippen molar-refractivity contribution < 1.29 is 9.47 Å². The molecular weight excluding hydrogens is 431 g/mol. The standard InChI is InChI=1S/C18H36N4O2.HI/c1-18(2,3)16(23-5)12-20-17(19-4)22-7-6-15(14-22)13-21-8-10-24-11-9-21;/h15-16H,6-14H2,1-5H3,(H,19,20);1H. The molecule has 0 spiro atoms. The Kier molecular flexibility index (Phi) is 9.98. The maximum Gasteiger partial charge on any atom is 0.193 e. The average molecular weight is 468 g/mol. The summed E-state index contributed by atoms with van der Waals surface area (Å²) in [5, 5.41) is 3.51. The summed E-state index contributed by atoms with van der Waals surface area (Å²) in [4.78, 5) is 9.41. The molecular formula is C18H37IN4O2. The van der Waals surface area contributed by atoms with Crippen molar-refractivity contribution in [2.75, 3.05) is 66.6 Å². The quantitative estimate of drug-likeness (QED) is 0.380. The van der Waals surface area contributed by atoms with Gasteiger partial charge in [0.05, 0.1) is 19.3 Å². The van der Waals surface area contributed by atoms with Gasteiger partial charge in [-0.05, 0) is 17.8 Å². The smallest absolute Gasteiger partial charge is 0.193 e. The molecule has 0 aliphatic carbocycles. The number of nitrogens with one attached hydrogen (secondary N) is 1. The van der Waals surface area contributed by atoms with E-state index in [4.69, 9.17) is 9.47 Å². The summed E-state index contributed by atoms with van der Waals surface area (Å²) in [7, 11) is 3.66. The monoisotopic (exact) mass is 468 g/mol. The van der Waals surface area contributed by atoms with Crippen LogP contribution in [0.2, 0.25) is 0 Å². The largest absolute Gasteiger partial charge is 0.379 e. The summed E-state index contributed by atoms with van der Waals surface area (Å²) < 4.78 is 11.1. The average Bonchev–Trinajstić information content (AvgIpc) is 2.99. The normalized spacial score (nSPS) is 24.1. The Morgan fingerprint density at radius 2 is 1.96 bits per heavy atom. The number of rotatable bonds is 5. The van der Waals surface area contributed by atoms with Crippen molar-refractivity contribution in [3.63, 3.8) is 0 Å². The third-order valence-electron chi connectivity index (χ3n) is 5.11. The first kappa shape index (κ1) is 22.9. The van der Waals surface area contributed by atoms with Gasteiger partial charge in [0.2, 0.25) is 0 Å². The number of hydrogen-bond acceptors (Lipinski definition) is 4. The van der Waals surface area contributed by atoms with Crippen molar-refractivity contribution in [1.82, 2.24) is 15.1 Å². The first-order valence-corrected chi connectivity index (χ1v) is 9.22. The Morgan fingerprint density at radius 3 is 2.52 bits per heavy atom. The molecule has 6 nitrogen and oxygen atoms in total. The molecule has 2 atom stereocenters. The number of aliphatic imine (C=N–C) groups is 1. The summed E-state index contributed by atoms with van der Waals surface area (Å²) in [6, 6.07) is 0. The van der Waals surface area contributed by atoms with Crippen molar-refractivity contribution in [3.8, 4) is 0 Å². The van der Waals surface area contributed by atoms with Crippen LogP contribution in [0.4, 0.5) is 0 Å². The minimum absolute atomic E-state index is 0. The topological polar surface area (TPSA) is 49.3 Å². The molecule has 0 bridgehead atoms. The van der Waals surface area contributed by atoms with Crippen molar-refractivity contribution in [2.24, 2.45) is 16.3 Å². The van der Waals surface area contributed by atoms with E-state index in [-0.39, 0.29) is 35.5 Å². The number of methoxy groups -OCH3 is 1. The third kappa shape index (κ3) is 7.19. The second-order valence-electron chi connectivity index (χ2n) is 8.03. The van der Waals surface area contributed by atoms with Crippen LogP contribution in [0.3, 0.4) is 0 Å². The number of halogens is 1. The van der Waals surface area contributed by atoms with E-state index in [0.717, 1.165) is 57.8 Å². The SMILES string of the molecule is CN=C(NCC(OC)C(C)(C)C)N1CCC(CN2CCOCC2)C1.I. The Morgan fingerprint density at radius 1 is 1.28 bits per heavy atom. The second-order valence-corrected chi connectivity index (χ2v) is 8.03. The lowest BCUT2D eigenvalue weighted by Gasteiger charge is -2.31. The van der Waals surface area contributed by atoms with E-state index in [1.807, 2.05) is 7.05 Å². The predicted octanol–water partition coefficient (Wildman–Crippen LogP) is 1.90. The van der Waals surface area contributed by atoms with Gasteiger partial charge < -0.3 is 19.7 Å². The fraction of sp³-hybridized carbons (Fsp3) is 0.944. The first-order chi connectivity index (χ1) is 11.4. The van der Waals surface area contributed by atoms with Crippen molar-refractivity contribution in [2.45, 2.75) is 33.3 Å². The van der Waals surface area contributed by atoms with Crippen molar-refractivity contribution in [3.05, 3.63) is 0 Å². The number of guanidine groups is 1. The van der Waals surface area contributed by atoms with Crippen LogP contribution in [0, 0.1) is 11.3 Å². The minimum atomic E-state index is 0. The van der Waals surface area contributed by atoms with E-state index < -0.39 is 0 Å². The van der Waals surface area contributed by atoms with Gasteiger partial charge in [-0.3, -0.25) is 9.89 Å². The van der Waals surface area contributed by atoms with Gasteiger partial charge in [-0.1, -0.05) is 20.8 Å². The van der Waals surface area contributed by atoms with E-state index in [1.54, 1.807) is 7.11 Å². The molecule has 0 aromatic rings. The zero-order valence-corrected chi connectivity index (χ0v) is 18.9. The molecule has 1 N–H and O–H groups in total. The molecule has 2 rings (SSSR count). The van der Waals surface area contributed by atoms with Gasteiger partial charge in [-0.2, -0.15) is 0 Å². The number of ether oxygens (including phenoxy) is 2. The highest BCUT2D eigenvalue weighted by molar-refractivity contribution is 14.0. The second kappa shape index (κ2) is 10.9. The molecule has 0 aromatic heterocycles. The molecule has 2 aliphatic heterocycles. The molecule has 0 amide bonds. The Bertz CT molecular complexity index is 408. The molecule has 0 aromatic carbocycles. The minimum Gasteiger partial charge on any atom is -0.379 e. The fourth-order valence-electron chi connectivity index (χ4n) is 3.58. The lowest BCUT2D eigenvalue weighted by molar-refractivity contribution is 0.0201. The summed E-state index contributed by atoms with van der Waals surface area (Å²) >= 11 is 0. The number of likely N-dealkylation sites (tertiary alicyclic amines) is 1. The molecule has 148 valence electrons. The Hall–Kier alpha value is -0.120. The highest BCUT2D eigenvalue weighted by Crippen LogP contribution is 2.22. The highest BCUT2D eigenvalue weighted by Gasteiger charge is 2.29. The molecule has 2 unspecified atom stereocenters. The number of morpholine rings is 1. The molecule has 2 heterocycles. The molecule has 2 saturated heterocycles. The van der Waals surface area contributed by atoms with Crippen LogP contribution in [-0.4, -0.2) is 88.5 Å². The summed E-state index contributed by atoms with van der Waals surface area (Å²) in [5.41, 5.74) is 0.116. The Labute approximate surface area is 170 Å². The van der Waals surface area contributed by atoms with Crippen LogP contribution in [0.5, 0.6) is 0 Å². The molecule has 2 fully saturated rings. The lowest BCUT2D eigenvalue weighted by Crippen LogP contribution is -2.47. The van der Waals surface area contributed by atoms with Crippen LogP contribution >= 0.6 is 24.0 Å². The van der Waals surface area contributed by atoms with E-state index in [9.17, 15) is 0 Å². The van der Waals surface area contributed by atoms with Crippen LogP contribution < -0.4 is 5.32 Å². The molecule has 2 aliphatic rings. The van der Waals surface area contributed by atoms with Gasteiger partial charge in [0.15, 0.2) is 5.96 Å². The maximum atomic E-state index is 5.64. The van der Waals surface area contributed by atoms with Crippen molar-refractivity contribution in [1.29, 1.82) is 0 Å². The van der Waals surface area contributed by atoms with Gasteiger partial charge >= 0.3 is 0 Å². The molecule has 0 radical (unpaired) electrons. The molecule has 0 saturated carbocycles. The Balaban J connectivity index is 0.00000312. The zero-order chi connectivity index (χ0) is 17.6. The van der Waals surface area contributed by atoms with E-state index in [2.05, 4.69) is 40.9 Å². The van der Waals surface area contributed by atoms with E-state index in [0.29, 0.717) is 0 Å². The summed E-state index contributed by atoms with van der Waals surface area (Å²) in [6.07, 6.45) is 1.41. The number of hydrogen-bond donors (Lipinski definition) is 1. The van der Waals surface area contributed by atoms with Crippen LogP contribution in [-0.2, 0) is 9.47 Å². The zero-order valence-electron chi connectivity index (χ0n) is 16.6. The van der Waals surface area contributed by atoms with Gasteiger partial charge in [-0.15, -0.1) is 24.0 Å². The summed E-state index contributed by atoms with van der Waals surface area (Å²) in [6.45, 7) is 14.7. The number of nitrogens with zero attached hydrogens (tertiary/aromatic N) is 3. The molecule has 25 heavy (non-hydrogen) atoms. The van der Waals surface area contributed by atoms with Crippen LogP contribution in [0.25, 0.3) is 0 Å². The first-order valence-electron chi connectivity index (χ1n) is 9.22. The third-order valence-corrected chi connectivity index (χ3v) is 5.11. The van der Waals surface area contributed by atoms with E-state index in [1.165, 1.54) is 13.0 Å². The van der Waals surface area contributed by atoms with Gasteiger partial charge in [0.1, 0.15) is 0 Å². The van der Waals surface area contributed by atoms with E-state index >= 15 is 0 Å². The van der Waals surface area contributed by atoms with Gasteiger partial charge in [0.25, 0.3) is 0 Å².